The Hall–Kier alpha value is -4.96. The third kappa shape index (κ3) is 14.3. The van der Waals surface area contributed by atoms with Crippen LogP contribution in [0.25, 0.3) is 0 Å². The average Bonchev–Trinajstić information content (AvgIpc) is 3.60. The Morgan fingerprint density at radius 1 is 0.827 bits per heavy atom. The second-order valence-corrected chi connectivity index (χ2v) is 13.3. The summed E-state index contributed by atoms with van der Waals surface area (Å²) in [6, 6.07) is 10.4. The topological polar surface area (TPSA) is 130 Å². The molecule has 1 aromatic carbocycles. The SMILES string of the molecule is CCC=CCC=CCC=CCC=CCC=CCC=CCCC(=O)NCCn1c(O)cc(SCCNC(=O)C2=CC(=O)C(C)(c3ccccc3)O2)c1O. The number of benzene rings is 1. The van der Waals surface area contributed by atoms with E-state index in [1.807, 2.05) is 18.2 Å². The van der Waals surface area contributed by atoms with Gasteiger partial charge in [-0.1, -0.05) is 110 Å². The van der Waals surface area contributed by atoms with Crippen LogP contribution in [0.5, 0.6) is 11.8 Å². The molecule has 0 saturated heterocycles. The number of ether oxygens (including phenoxy) is 1. The summed E-state index contributed by atoms with van der Waals surface area (Å²) in [5.74, 6) is -0.816. The van der Waals surface area contributed by atoms with Crippen molar-refractivity contribution < 1.29 is 29.3 Å². The van der Waals surface area contributed by atoms with Crippen LogP contribution in [0.3, 0.4) is 0 Å². The average molecular weight is 728 g/mol. The molecule has 1 atom stereocenters. The van der Waals surface area contributed by atoms with Gasteiger partial charge >= 0.3 is 0 Å². The predicted octanol–water partition coefficient (Wildman–Crippen LogP) is 8.10. The molecular weight excluding hydrogens is 675 g/mol. The van der Waals surface area contributed by atoms with Crippen molar-refractivity contribution in [2.24, 2.45) is 0 Å². The minimum atomic E-state index is -1.25. The Balaban J connectivity index is 1.24. The second-order valence-electron chi connectivity index (χ2n) is 12.1. The molecule has 1 aliphatic rings. The lowest BCUT2D eigenvalue weighted by atomic mass is 9.92. The highest BCUT2D eigenvalue weighted by atomic mass is 32.2. The number of aromatic hydroxyl groups is 2. The van der Waals surface area contributed by atoms with Gasteiger partial charge in [0.05, 0.1) is 4.90 Å². The molecule has 0 spiro atoms. The van der Waals surface area contributed by atoms with E-state index in [0.717, 1.165) is 38.5 Å². The Morgan fingerprint density at radius 3 is 2.00 bits per heavy atom. The van der Waals surface area contributed by atoms with E-state index >= 15 is 0 Å². The Morgan fingerprint density at radius 2 is 1.40 bits per heavy atom. The van der Waals surface area contributed by atoms with Crippen molar-refractivity contribution in [1.29, 1.82) is 0 Å². The number of allylic oxidation sites excluding steroid dienone is 12. The maximum absolute atomic E-state index is 12.6. The molecule has 0 aliphatic carbocycles. The highest BCUT2D eigenvalue weighted by Crippen LogP contribution is 2.36. The number of hydrogen-bond donors (Lipinski definition) is 4. The number of amides is 2. The van der Waals surface area contributed by atoms with E-state index in [2.05, 4.69) is 78.3 Å². The fourth-order valence-corrected chi connectivity index (χ4v) is 5.97. The number of carbonyl (C=O) groups is 3. The van der Waals surface area contributed by atoms with Gasteiger partial charge in [0.1, 0.15) is 0 Å². The first-order valence-electron chi connectivity index (χ1n) is 18.0. The van der Waals surface area contributed by atoms with Crippen LogP contribution in [0, 0.1) is 0 Å². The minimum absolute atomic E-state index is 0.0487. The lowest BCUT2D eigenvalue weighted by Crippen LogP contribution is -2.32. The van der Waals surface area contributed by atoms with Crippen molar-refractivity contribution in [1.82, 2.24) is 15.2 Å². The van der Waals surface area contributed by atoms with Gasteiger partial charge in [0.15, 0.2) is 17.2 Å². The van der Waals surface area contributed by atoms with Crippen molar-refractivity contribution in [3.63, 3.8) is 0 Å². The zero-order valence-electron chi connectivity index (χ0n) is 30.3. The molecule has 1 aliphatic heterocycles. The maximum Gasteiger partial charge on any atom is 0.286 e. The number of ketones is 1. The molecule has 9 nitrogen and oxygen atoms in total. The first-order chi connectivity index (χ1) is 25.3. The minimum Gasteiger partial charge on any atom is -0.494 e. The van der Waals surface area contributed by atoms with E-state index in [9.17, 15) is 24.6 Å². The standard InChI is InChI=1S/C42H53N3O6S/c1-3-4-5-6-7-8-9-10-11-12-13-14-15-16-17-18-19-20-24-27-38(47)43-28-30-45-39(48)33-36(41(45)50)52-31-29-44-40(49)35-32-37(46)42(2,51-35)34-25-22-21-23-26-34/h4-5,7-8,10-11,13-14,16-17,19-23,25-26,32-33,48,50H,3,6,9,12,15,18,24,27-31H2,1-2H3,(H,43,47)(H,44,49). The smallest absolute Gasteiger partial charge is 0.286 e. The van der Waals surface area contributed by atoms with E-state index in [0.29, 0.717) is 29.1 Å². The summed E-state index contributed by atoms with van der Waals surface area (Å²) in [5.41, 5.74) is -0.585. The highest BCUT2D eigenvalue weighted by molar-refractivity contribution is 7.99. The molecule has 0 saturated carbocycles. The van der Waals surface area contributed by atoms with E-state index in [1.165, 1.54) is 28.5 Å². The number of hydrogen-bond acceptors (Lipinski definition) is 7. The van der Waals surface area contributed by atoms with Gasteiger partial charge in [0.25, 0.3) is 5.91 Å². The van der Waals surface area contributed by atoms with Gasteiger partial charge in [-0.25, -0.2) is 0 Å². The fraction of sp³-hybridized carbons (Fsp3) is 0.357. The van der Waals surface area contributed by atoms with E-state index in [1.54, 1.807) is 31.2 Å². The van der Waals surface area contributed by atoms with Crippen molar-refractivity contribution in [3.8, 4) is 11.8 Å². The third-order valence-corrected chi connectivity index (χ3v) is 9.06. The van der Waals surface area contributed by atoms with Gasteiger partial charge in [-0.15, -0.1) is 11.8 Å². The monoisotopic (exact) mass is 727 g/mol. The maximum atomic E-state index is 12.6. The first kappa shape index (κ1) is 41.5. The molecule has 52 heavy (non-hydrogen) atoms. The molecule has 1 aromatic heterocycles. The zero-order valence-corrected chi connectivity index (χ0v) is 31.2. The number of nitrogens with one attached hydrogen (secondary N) is 2. The molecule has 1 unspecified atom stereocenters. The first-order valence-corrected chi connectivity index (χ1v) is 18.9. The summed E-state index contributed by atoms with van der Waals surface area (Å²) in [6.07, 6.45) is 33.6. The molecule has 0 radical (unpaired) electrons. The summed E-state index contributed by atoms with van der Waals surface area (Å²) in [7, 11) is 0. The largest absolute Gasteiger partial charge is 0.494 e. The number of rotatable bonds is 23. The molecule has 278 valence electrons. The number of carbonyl (C=O) groups excluding carboxylic acids is 3. The van der Waals surface area contributed by atoms with Crippen LogP contribution in [-0.2, 0) is 31.3 Å². The molecule has 2 heterocycles. The van der Waals surface area contributed by atoms with Crippen LogP contribution in [0.4, 0.5) is 0 Å². The van der Waals surface area contributed by atoms with Crippen molar-refractivity contribution in [2.45, 2.75) is 82.3 Å². The molecule has 10 heteroatoms. The fourth-order valence-electron chi connectivity index (χ4n) is 5.12. The van der Waals surface area contributed by atoms with Crippen LogP contribution in [0.1, 0.15) is 70.8 Å². The normalized spacial score (nSPS) is 16.3. The molecular formula is C42H53N3O6S. The Labute approximate surface area is 312 Å². The van der Waals surface area contributed by atoms with Crippen LogP contribution in [-0.4, -0.2) is 51.2 Å². The Bertz CT molecular complexity index is 1650. The number of thioether (sulfide) groups is 1. The predicted molar refractivity (Wildman–Crippen MR) is 210 cm³/mol. The van der Waals surface area contributed by atoms with Gasteiger partial charge in [-0.2, -0.15) is 0 Å². The zero-order chi connectivity index (χ0) is 37.4. The van der Waals surface area contributed by atoms with Gasteiger partial charge in [0.2, 0.25) is 17.6 Å². The van der Waals surface area contributed by atoms with Gasteiger partial charge in [-0.05, 0) is 51.9 Å². The summed E-state index contributed by atoms with van der Waals surface area (Å²) >= 11 is 1.25. The summed E-state index contributed by atoms with van der Waals surface area (Å²) < 4.78 is 7.09. The van der Waals surface area contributed by atoms with Crippen molar-refractivity contribution in [2.75, 3.05) is 18.8 Å². The van der Waals surface area contributed by atoms with Crippen LogP contribution in [0.15, 0.2) is 126 Å². The van der Waals surface area contributed by atoms with Crippen LogP contribution >= 0.6 is 11.8 Å². The molecule has 2 aromatic rings. The van der Waals surface area contributed by atoms with Gasteiger partial charge < -0.3 is 25.6 Å². The van der Waals surface area contributed by atoms with E-state index < -0.39 is 11.5 Å². The van der Waals surface area contributed by atoms with E-state index in [4.69, 9.17) is 4.74 Å². The number of nitrogens with zero attached hydrogens (tertiary/aromatic N) is 1. The lowest BCUT2D eigenvalue weighted by Gasteiger charge is -2.23. The molecule has 3 rings (SSSR count). The van der Waals surface area contributed by atoms with Gasteiger partial charge in [0, 0.05) is 49.5 Å². The molecule has 0 fully saturated rings. The third-order valence-electron chi connectivity index (χ3n) is 8.05. The van der Waals surface area contributed by atoms with Crippen LogP contribution < -0.4 is 10.6 Å². The quantitative estimate of drug-likeness (QED) is 0.0517. The molecule has 2 amide bonds. The Kier molecular flexibility index (Phi) is 18.7. The number of aromatic nitrogens is 1. The van der Waals surface area contributed by atoms with Gasteiger partial charge in [-0.3, -0.25) is 19.0 Å². The van der Waals surface area contributed by atoms with E-state index in [-0.39, 0.29) is 48.8 Å². The summed E-state index contributed by atoms with van der Waals surface area (Å²) in [4.78, 5) is 37.9. The molecule has 4 N–H and O–H groups in total. The summed E-state index contributed by atoms with van der Waals surface area (Å²) in [6.45, 7) is 4.45. The van der Waals surface area contributed by atoms with Crippen molar-refractivity contribution in [3.05, 3.63) is 127 Å². The second kappa shape index (κ2) is 23.5. The molecule has 0 bridgehead atoms. The lowest BCUT2D eigenvalue weighted by molar-refractivity contribution is -0.132. The van der Waals surface area contributed by atoms with Crippen molar-refractivity contribution >= 4 is 29.4 Å². The summed E-state index contributed by atoms with van der Waals surface area (Å²) in [5, 5.41) is 26.5. The van der Waals surface area contributed by atoms with Crippen LogP contribution in [0.2, 0.25) is 0 Å². The highest BCUT2D eigenvalue weighted by Gasteiger charge is 2.43.